The van der Waals surface area contributed by atoms with Crippen molar-refractivity contribution in [2.24, 2.45) is 4.99 Å². The van der Waals surface area contributed by atoms with Crippen LogP contribution in [-0.4, -0.2) is 35.7 Å². The summed E-state index contributed by atoms with van der Waals surface area (Å²) in [5.74, 6) is 1.18. The molecule has 2 fully saturated rings. The van der Waals surface area contributed by atoms with Gasteiger partial charge in [-0.25, -0.2) is 0 Å². The number of methoxy groups -OCH3 is 1. The summed E-state index contributed by atoms with van der Waals surface area (Å²) in [6.45, 7) is 5.35. The first-order valence-electron chi connectivity index (χ1n) is 6.62. The molecule has 1 aliphatic heterocycles. The zero-order chi connectivity index (χ0) is 12.4. The van der Waals surface area contributed by atoms with Gasteiger partial charge in [-0.15, -0.1) is 0 Å². The van der Waals surface area contributed by atoms with Gasteiger partial charge in [0.2, 0.25) is 0 Å². The van der Waals surface area contributed by atoms with Crippen LogP contribution in [0.25, 0.3) is 0 Å². The van der Waals surface area contributed by atoms with Gasteiger partial charge in [-0.05, 0) is 39.0 Å². The van der Waals surface area contributed by atoms with Crippen molar-refractivity contribution in [1.82, 2.24) is 5.32 Å². The van der Waals surface area contributed by atoms with Crippen LogP contribution < -0.4 is 5.32 Å². The summed E-state index contributed by atoms with van der Waals surface area (Å²) in [7, 11) is 1.82. The fourth-order valence-electron chi connectivity index (χ4n) is 2.29. The zero-order valence-corrected chi connectivity index (χ0v) is 12.0. The van der Waals surface area contributed by atoms with Crippen LogP contribution in [-0.2, 0) is 4.74 Å². The summed E-state index contributed by atoms with van der Waals surface area (Å²) in [5.41, 5.74) is 0.291. The molecule has 0 bridgehead atoms. The molecular formula is C13H24N2OS. The summed E-state index contributed by atoms with van der Waals surface area (Å²) in [6, 6.07) is 0. The fraction of sp³-hybridized carbons (Fsp3) is 0.923. The number of aliphatic imine (C=N–C) groups is 1. The monoisotopic (exact) mass is 256 g/mol. The van der Waals surface area contributed by atoms with Crippen LogP contribution in [0, 0.1) is 0 Å². The molecule has 1 saturated heterocycles. The van der Waals surface area contributed by atoms with Crippen LogP contribution in [0.3, 0.4) is 0 Å². The first kappa shape index (κ1) is 13.2. The molecule has 0 aromatic carbocycles. The summed E-state index contributed by atoms with van der Waals surface area (Å²) in [5, 5.41) is 4.70. The van der Waals surface area contributed by atoms with E-state index < -0.39 is 0 Å². The highest BCUT2D eigenvalue weighted by Gasteiger charge is 2.37. The molecule has 3 nitrogen and oxygen atoms in total. The van der Waals surface area contributed by atoms with Crippen molar-refractivity contribution in [1.29, 1.82) is 0 Å². The molecular weight excluding hydrogens is 232 g/mol. The lowest BCUT2D eigenvalue weighted by Crippen LogP contribution is -2.49. The lowest BCUT2D eigenvalue weighted by molar-refractivity contribution is -0.0629. The quantitative estimate of drug-likeness (QED) is 0.840. The van der Waals surface area contributed by atoms with E-state index in [2.05, 4.69) is 19.2 Å². The van der Waals surface area contributed by atoms with Crippen LogP contribution in [0.1, 0.15) is 46.0 Å². The SMILES string of the molecule is CCC1(C)CCSC(=NCC2(OC)CCC2)N1. The van der Waals surface area contributed by atoms with E-state index >= 15 is 0 Å². The average Bonchev–Trinajstić information content (AvgIpc) is 2.29. The van der Waals surface area contributed by atoms with Crippen molar-refractivity contribution in [2.45, 2.75) is 57.1 Å². The number of hydrogen-bond donors (Lipinski definition) is 1. The highest BCUT2D eigenvalue weighted by Crippen LogP contribution is 2.35. The third-order valence-electron chi connectivity index (χ3n) is 4.29. The number of nitrogens with zero attached hydrogens (tertiary/aromatic N) is 1. The van der Waals surface area contributed by atoms with E-state index in [0.29, 0.717) is 0 Å². The number of nitrogens with one attached hydrogen (secondary N) is 1. The number of amidine groups is 1. The average molecular weight is 256 g/mol. The second-order valence-corrected chi connectivity index (χ2v) is 6.58. The Morgan fingerprint density at radius 2 is 2.18 bits per heavy atom. The lowest BCUT2D eigenvalue weighted by atomic mass is 9.80. The second-order valence-electron chi connectivity index (χ2n) is 5.50. The molecule has 1 N–H and O–H groups in total. The van der Waals surface area contributed by atoms with E-state index in [1.165, 1.54) is 18.6 Å². The van der Waals surface area contributed by atoms with Crippen molar-refractivity contribution in [3.8, 4) is 0 Å². The Labute approximate surface area is 109 Å². The molecule has 1 saturated carbocycles. The summed E-state index contributed by atoms with van der Waals surface area (Å²) >= 11 is 1.85. The third kappa shape index (κ3) is 2.97. The molecule has 4 heteroatoms. The Hall–Kier alpha value is -0.220. The van der Waals surface area contributed by atoms with Gasteiger partial charge >= 0.3 is 0 Å². The largest absolute Gasteiger partial charge is 0.376 e. The van der Waals surface area contributed by atoms with Gasteiger partial charge in [-0.2, -0.15) is 0 Å². The van der Waals surface area contributed by atoms with Crippen molar-refractivity contribution >= 4 is 16.9 Å². The van der Waals surface area contributed by atoms with E-state index in [9.17, 15) is 0 Å². The Kier molecular flexibility index (Phi) is 4.03. The van der Waals surface area contributed by atoms with E-state index in [-0.39, 0.29) is 11.1 Å². The van der Waals surface area contributed by atoms with Crippen LogP contribution in [0.4, 0.5) is 0 Å². The molecule has 0 aromatic heterocycles. The molecule has 0 spiro atoms. The number of hydrogen-bond acceptors (Lipinski definition) is 3. The smallest absolute Gasteiger partial charge is 0.157 e. The molecule has 98 valence electrons. The third-order valence-corrected chi connectivity index (χ3v) is 5.20. The molecule has 1 aliphatic carbocycles. The molecule has 2 rings (SSSR count). The fourth-order valence-corrected chi connectivity index (χ4v) is 3.51. The van der Waals surface area contributed by atoms with Gasteiger partial charge in [0.05, 0.1) is 12.1 Å². The molecule has 1 heterocycles. The van der Waals surface area contributed by atoms with Gasteiger partial charge < -0.3 is 10.1 Å². The minimum atomic E-state index is 0.0509. The van der Waals surface area contributed by atoms with E-state index in [1.807, 2.05) is 18.9 Å². The van der Waals surface area contributed by atoms with Gasteiger partial charge in [-0.3, -0.25) is 4.99 Å². The Balaban J connectivity index is 1.93. The molecule has 2 aliphatic rings. The van der Waals surface area contributed by atoms with E-state index in [0.717, 1.165) is 31.0 Å². The Morgan fingerprint density at radius 3 is 2.71 bits per heavy atom. The van der Waals surface area contributed by atoms with Crippen molar-refractivity contribution in [3.05, 3.63) is 0 Å². The highest BCUT2D eigenvalue weighted by molar-refractivity contribution is 8.13. The van der Waals surface area contributed by atoms with Gasteiger partial charge in [0.1, 0.15) is 0 Å². The van der Waals surface area contributed by atoms with Gasteiger partial charge in [-0.1, -0.05) is 18.7 Å². The summed E-state index contributed by atoms with van der Waals surface area (Å²) in [4.78, 5) is 4.74. The predicted octanol–water partition coefficient (Wildman–Crippen LogP) is 2.81. The van der Waals surface area contributed by atoms with Gasteiger partial charge in [0.25, 0.3) is 0 Å². The highest BCUT2D eigenvalue weighted by atomic mass is 32.2. The lowest BCUT2D eigenvalue weighted by Gasteiger charge is -2.40. The number of ether oxygens (including phenoxy) is 1. The van der Waals surface area contributed by atoms with Crippen LogP contribution in [0.2, 0.25) is 0 Å². The number of thioether (sulfide) groups is 1. The summed E-state index contributed by atoms with van der Waals surface area (Å²) < 4.78 is 5.60. The first-order chi connectivity index (χ1) is 8.11. The molecule has 1 unspecified atom stereocenters. The molecule has 0 aromatic rings. The maximum atomic E-state index is 5.60. The summed E-state index contributed by atoms with van der Waals surface area (Å²) in [6.07, 6.45) is 5.99. The first-order valence-corrected chi connectivity index (χ1v) is 7.61. The Morgan fingerprint density at radius 1 is 1.41 bits per heavy atom. The second kappa shape index (κ2) is 5.19. The van der Waals surface area contributed by atoms with Crippen LogP contribution >= 0.6 is 11.8 Å². The predicted molar refractivity (Wildman–Crippen MR) is 74.8 cm³/mol. The van der Waals surface area contributed by atoms with Gasteiger partial charge in [0, 0.05) is 18.4 Å². The normalized spacial score (nSPS) is 34.2. The number of rotatable bonds is 4. The Bertz CT molecular complexity index is 296. The van der Waals surface area contributed by atoms with Crippen molar-refractivity contribution in [3.63, 3.8) is 0 Å². The van der Waals surface area contributed by atoms with Gasteiger partial charge in [0.15, 0.2) is 5.17 Å². The molecule has 1 atom stereocenters. The zero-order valence-electron chi connectivity index (χ0n) is 11.2. The molecule has 0 amide bonds. The van der Waals surface area contributed by atoms with Crippen LogP contribution in [0.5, 0.6) is 0 Å². The maximum Gasteiger partial charge on any atom is 0.157 e. The molecule has 0 radical (unpaired) electrons. The van der Waals surface area contributed by atoms with Crippen LogP contribution in [0.15, 0.2) is 4.99 Å². The molecule has 17 heavy (non-hydrogen) atoms. The topological polar surface area (TPSA) is 33.6 Å². The minimum Gasteiger partial charge on any atom is -0.376 e. The standard InChI is InChI=1S/C13H24N2OS/c1-4-12(2)8-9-17-11(15-12)14-10-13(16-3)6-5-7-13/h4-10H2,1-3H3,(H,14,15). The minimum absolute atomic E-state index is 0.0509. The van der Waals surface area contributed by atoms with E-state index in [4.69, 9.17) is 9.73 Å². The van der Waals surface area contributed by atoms with Crippen molar-refractivity contribution < 1.29 is 4.74 Å². The van der Waals surface area contributed by atoms with E-state index in [1.54, 1.807) is 0 Å². The maximum absolute atomic E-state index is 5.60. The van der Waals surface area contributed by atoms with Crippen molar-refractivity contribution in [2.75, 3.05) is 19.4 Å².